The lowest BCUT2D eigenvalue weighted by molar-refractivity contribution is -0.118. The lowest BCUT2D eigenvalue weighted by atomic mass is 10.2. The number of sulfonamides is 1. The van der Waals surface area contributed by atoms with Crippen LogP contribution in [0.1, 0.15) is 11.4 Å². The first-order valence-corrected chi connectivity index (χ1v) is 12.3. The summed E-state index contributed by atoms with van der Waals surface area (Å²) in [5, 5.41) is 12.0. The summed E-state index contributed by atoms with van der Waals surface area (Å²) in [4.78, 5) is 15.3. The molecule has 0 unspecified atom stereocenters. The molecule has 0 aliphatic carbocycles. The number of piperazine rings is 1. The highest BCUT2D eigenvalue weighted by Gasteiger charge is 2.28. The van der Waals surface area contributed by atoms with Crippen LogP contribution in [0, 0.1) is 5.82 Å². The van der Waals surface area contributed by atoms with Crippen molar-refractivity contribution < 1.29 is 26.4 Å². The predicted octanol–water partition coefficient (Wildman–Crippen LogP) is 1.64. The first kappa shape index (κ1) is 25.9. The van der Waals surface area contributed by atoms with Crippen LogP contribution in [0.15, 0.2) is 23.2 Å². The molecule has 0 spiro atoms. The summed E-state index contributed by atoms with van der Waals surface area (Å²) >= 11 is 0.649. The Labute approximate surface area is 198 Å². The van der Waals surface area contributed by atoms with E-state index in [-0.39, 0.29) is 29.5 Å². The minimum atomic E-state index is -4.43. The SMILES string of the molecule is CN(C)C.NS(=O)(=O)c1cn2c(-c3nnc(C(F)F)s3)ccc2c(N2CCN(C=O)CC2)c1F. The van der Waals surface area contributed by atoms with Crippen molar-refractivity contribution in [3.63, 3.8) is 0 Å². The van der Waals surface area contributed by atoms with Crippen LogP contribution in [0.3, 0.4) is 0 Å². The molecule has 1 aliphatic rings. The van der Waals surface area contributed by atoms with E-state index in [1.54, 1.807) is 4.90 Å². The number of alkyl halides is 2. The molecule has 3 aromatic rings. The highest BCUT2D eigenvalue weighted by molar-refractivity contribution is 7.89. The standard InChI is InChI=1S/C16H15F3N6O3S2.C3H9N/c17-12-11(30(20,27)28)7-25-9(13(12)24-5-3-23(8-26)4-6-24)1-2-10(25)15-21-22-16(29-15)14(18)19;1-4(2)3/h1-2,7-8,14H,3-6H2,(H2,20,27,28);1-3H3. The molecule has 1 aliphatic heterocycles. The summed E-state index contributed by atoms with van der Waals surface area (Å²) in [7, 11) is 1.57. The van der Waals surface area contributed by atoms with Crippen LogP contribution < -0.4 is 10.0 Å². The van der Waals surface area contributed by atoms with Crippen molar-refractivity contribution in [1.29, 1.82) is 0 Å². The van der Waals surface area contributed by atoms with Crippen LogP contribution in [0.5, 0.6) is 0 Å². The molecule has 2 N–H and O–H groups in total. The average Bonchev–Trinajstić information content (AvgIpc) is 3.39. The summed E-state index contributed by atoms with van der Waals surface area (Å²) in [6.45, 7) is 1.20. The molecule has 0 atom stereocenters. The van der Waals surface area contributed by atoms with Gasteiger partial charge in [0.15, 0.2) is 15.8 Å². The van der Waals surface area contributed by atoms with Crippen LogP contribution in [0.2, 0.25) is 0 Å². The van der Waals surface area contributed by atoms with Gasteiger partial charge in [-0.25, -0.2) is 26.7 Å². The third kappa shape index (κ3) is 5.48. The van der Waals surface area contributed by atoms with Gasteiger partial charge in [-0.2, -0.15) is 0 Å². The molecule has 1 fully saturated rings. The van der Waals surface area contributed by atoms with Crippen molar-refractivity contribution in [2.24, 2.45) is 5.14 Å². The topological polar surface area (TPSA) is 117 Å². The molecule has 1 amide bonds. The number of fused-ring (bicyclic) bond motifs is 1. The number of aromatic nitrogens is 3. The second kappa shape index (κ2) is 10.2. The lowest BCUT2D eigenvalue weighted by Gasteiger charge is -2.34. The normalized spacial score (nSPS) is 14.6. The zero-order chi connectivity index (χ0) is 25.2. The van der Waals surface area contributed by atoms with Gasteiger partial charge in [-0.15, -0.1) is 10.2 Å². The molecule has 186 valence electrons. The predicted molar refractivity (Wildman–Crippen MR) is 122 cm³/mol. The molecular formula is C19H24F3N7O3S2. The zero-order valence-corrected chi connectivity index (χ0v) is 20.3. The van der Waals surface area contributed by atoms with Crippen molar-refractivity contribution >= 4 is 39.0 Å². The number of rotatable bonds is 5. The Bertz CT molecular complexity index is 1270. The third-order valence-corrected chi connectivity index (χ3v) is 6.61. The van der Waals surface area contributed by atoms with Crippen molar-refractivity contribution in [3.8, 4) is 10.7 Å². The molecule has 10 nitrogen and oxygen atoms in total. The maximum atomic E-state index is 15.3. The maximum absolute atomic E-state index is 15.3. The molecule has 0 bridgehead atoms. The van der Waals surface area contributed by atoms with Gasteiger partial charge < -0.3 is 19.1 Å². The molecule has 15 heteroatoms. The number of nitrogens with two attached hydrogens (primary N) is 1. The van der Waals surface area contributed by atoms with Gasteiger partial charge in [-0.05, 0) is 33.3 Å². The number of hydrogen-bond acceptors (Lipinski definition) is 8. The van der Waals surface area contributed by atoms with Gasteiger partial charge in [0.05, 0.1) is 16.9 Å². The van der Waals surface area contributed by atoms with E-state index in [2.05, 4.69) is 10.2 Å². The fourth-order valence-electron chi connectivity index (χ4n) is 3.33. The second-order valence-electron chi connectivity index (χ2n) is 7.89. The number of pyridine rings is 1. The minimum absolute atomic E-state index is 0.00285. The number of carbonyl (C=O) groups excluding carboxylic acids is 1. The fraction of sp³-hybridized carbons (Fsp3) is 0.421. The summed E-state index contributed by atoms with van der Waals surface area (Å²) < 4.78 is 66.4. The van der Waals surface area contributed by atoms with Crippen LogP contribution in [-0.4, -0.2) is 86.5 Å². The minimum Gasteiger partial charge on any atom is -0.364 e. The Morgan fingerprint density at radius 1 is 1.15 bits per heavy atom. The van der Waals surface area contributed by atoms with Crippen molar-refractivity contribution in [2.75, 3.05) is 52.2 Å². The number of amides is 1. The van der Waals surface area contributed by atoms with E-state index in [0.717, 1.165) is 6.20 Å². The molecule has 34 heavy (non-hydrogen) atoms. The van der Waals surface area contributed by atoms with Gasteiger partial charge in [0, 0.05) is 32.4 Å². The monoisotopic (exact) mass is 519 g/mol. The number of nitrogens with zero attached hydrogens (tertiary/aromatic N) is 6. The number of primary sulfonamides is 1. The van der Waals surface area contributed by atoms with Gasteiger partial charge >= 0.3 is 0 Å². The first-order valence-electron chi connectivity index (χ1n) is 9.97. The second-order valence-corrected chi connectivity index (χ2v) is 10.4. The van der Waals surface area contributed by atoms with Gasteiger partial charge in [0.2, 0.25) is 16.4 Å². The lowest BCUT2D eigenvalue weighted by Crippen LogP contribution is -2.46. The molecule has 0 aromatic carbocycles. The summed E-state index contributed by atoms with van der Waals surface area (Å²) in [5.74, 6) is -1.01. The zero-order valence-electron chi connectivity index (χ0n) is 18.7. The number of carbonyl (C=O) groups is 1. The Morgan fingerprint density at radius 2 is 1.76 bits per heavy atom. The largest absolute Gasteiger partial charge is 0.364 e. The highest BCUT2D eigenvalue weighted by Crippen LogP contribution is 2.36. The van der Waals surface area contributed by atoms with E-state index in [4.69, 9.17) is 5.14 Å². The summed E-state index contributed by atoms with van der Waals surface area (Å²) in [6.07, 6.45) is -1.11. The quantitative estimate of drug-likeness (QED) is 0.510. The van der Waals surface area contributed by atoms with Crippen molar-refractivity contribution in [3.05, 3.63) is 29.2 Å². The van der Waals surface area contributed by atoms with E-state index >= 15 is 4.39 Å². The Balaban J connectivity index is 0.000000751. The Morgan fingerprint density at radius 3 is 2.26 bits per heavy atom. The van der Waals surface area contributed by atoms with E-state index in [0.29, 0.717) is 36.4 Å². The van der Waals surface area contributed by atoms with Crippen molar-refractivity contribution in [1.82, 2.24) is 24.4 Å². The van der Waals surface area contributed by atoms with Gasteiger partial charge in [-0.1, -0.05) is 11.3 Å². The van der Waals surface area contributed by atoms with E-state index < -0.39 is 32.2 Å². The number of halogens is 3. The smallest absolute Gasteiger partial charge is 0.291 e. The summed E-state index contributed by atoms with van der Waals surface area (Å²) in [5.41, 5.74) is 0.576. The van der Waals surface area contributed by atoms with Crippen LogP contribution in [0.25, 0.3) is 16.2 Å². The fourth-order valence-corrected chi connectivity index (χ4v) is 4.65. The first-order chi connectivity index (χ1) is 15.9. The van der Waals surface area contributed by atoms with Crippen molar-refractivity contribution in [2.45, 2.75) is 11.3 Å². The van der Waals surface area contributed by atoms with E-state index in [1.807, 2.05) is 26.0 Å². The van der Waals surface area contributed by atoms with Crippen LogP contribution in [0.4, 0.5) is 18.9 Å². The Kier molecular flexibility index (Phi) is 7.80. The maximum Gasteiger partial charge on any atom is 0.291 e. The Hall–Kier alpha value is -2.75. The van der Waals surface area contributed by atoms with E-state index in [9.17, 15) is 22.0 Å². The van der Waals surface area contributed by atoms with Gasteiger partial charge in [0.25, 0.3) is 6.43 Å². The van der Waals surface area contributed by atoms with E-state index in [1.165, 1.54) is 21.4 Å². The molecule has 1 saturated heterocycles. The van der Waals surface area contributed by atoms with Crippen LogP contribution >= 0.6 is 11.3 Å². The van der Waals surface area contributed by atoms with Gasteiger partial charge in [-0.3, -0.25) is 4.79 Å². The number of hydrogen-bond donors (Lipinski definition) is 1. The van der Waals surface area contributed by atoms with Crippen LogP contribution in [-0.2, 0) is 14.8 Å². The third-order valence-electron chi connectivity index (χ3n) is 4.76. The summed E-state index contributed by atoms with van der Waals surface area (Å²) in [6, 6.07) is 3.05. The van der Waals surface area contributed by atoms with Gasteiger partial charge in [0.1, 0.15) is 4.90 Å². The molecule has 0 saturated carbocycles. The molecule has 3 aromatic heterocycles. The molecule has 4 rings (SSSR count). The molecule has 4 heterocycles. The molecule has 0 radical (unpaired) electrons. The highest BCUT2D eigenvalue weighted by atomic mass is 32.2. The average molecular weight is 520 g/mol. The molecular weight excluding hydrogens is 495 g/mol. The number of anilines is 1.